The quantitative estimate of drug-likeness (QED) is 0.771. The Hall–Kier alpha value is -2.40. The van der Waals surface area contributed by atoms with E-state index in [4.69, 9.17) is 10.00 Å². The summed E-state index contributed by atoms with van der Waals surface area (Å²) < 4.78 is 7.91. The van der Waals surface area contributed by atoms with Crippen LogP contribution in [0.4, 0.5) is 0 Å². The van der Waals surface area contributed by atoms with Gasteiger partial charge in [0.2, 0.25) is 5.91 Å². The highest BCUT2D eigenvalue weighted by molar-refractivity contribution is 5.76. The number of nitriles is 1. The minimum absolute atomic E-state index is 0.0123. The lowest BCUT2D eigenvalue weighted by atomic mass is 9.90. The van der Waals surface area contributed by atoms with Crippen LogP contribution in [0, 0.1) is 11.3 Å². The van der Waals surface area contributed by atoms with Crippen molar-refractivity contribution in [1.29, 1.82) is 5.26 Å². The first-order valence-electron chi connectivity index (χ1n) is 8.72. The Morgan fingerprint density at radius 2 is 2.12 bits per heavy atom. The molecule has 1 saturated carbocycles. The summed E-state index contributed by atoms with van der Waals surface area (Å²) in [6.45, 7) is 2.67. The molecule has 1 aliphatic carbocycles. The molecule has 1 amide bonds. The Labute approximate surface area is 145 Å². The molecule has 134 valence electrons. The topological polar surface area (TPSA) is 97.3 Å². The summed E-state index contributed by atoms with van der Waals surface area (Å²) in [6, 6.07) is 1.81. The molecular weight excluding hydrogens is 324 g/mol. The number of ether oxygens (including phenoxy) is 1. The van der Waals surface area contributed by atoms with Crippen molar-refractivity contribution in [3.8, 4) is 6.07 Å². The number of amides is 1. The molecule has 1 aromatic rings. The highest BCUT2D eigenvalue weighted by Crippen LogP contribution is 2.28. The maximum absolute atomic E-state index is 12.8. The van der Waals surface area contributed by atoms with Gasteiger partial charge in [0.05, 0.1) is 18.8 Å². The van der Waals surface area contributed by atoms with Gasteiger partial charge in [-0.25, -0.2) is 9.36 Å². The van der Waals surface area contributed by atoms with E-state index in [1.165, 1.54) is 10.8 Å². The van der Waals surface area contributed by atoms with Gasteiger partial charge in [0.15, 0.2) is 0 Å². The summed E-state index contributed by atoms with van der Waals surface area (Å²) in [5.74, 6) is -0.267. The van der Waals surface area contributed by atoms with Crippen molar-refractivity contribution in [3.63, 3.8) is 0 Å². The van der Waals surface area contributed by atoms with Gasteiger partial charge < -0.3 is 9.64 Å². The fourth-order valence-corrected chi connectivity index (χ4v) is 3.73. The first-order valence-corrected chi connectivity index (χ1v) is 8.72. The molecule has 8 nitrogen and oxygen atoms in total. The lowest BCUT2D eigenvalue weighted by Gasteiger charge is -2.43. The molecule has 8 heteroatoms. The maximum Gasteiger partial charge on any atom is 0.331 e. The molecule has 25 heavy (non-hydrogen) atoms. The van der Waals surface area contributed by atoms with E-state index in [0.29, 0.717) is 19.7 Å². The summed E-state index contributed by atoms with van der Waals surface area (Å²) in [6.07, 6.45) is 5.23. The highest BCUT2D eigenvalue weighted by Gasteiger charge is 2.36. The average molecular weight is 346 g/mol. The van der Waals surface area contributed by atoms with Crippen LogP contribution in [0.25, 0.3) is 0 Å². The zero-order valence-corrected chi connectivity index (χ0v) is 14.3. The number of morpholine rings is 1. The second kappa shape index (κ2) is 7.23. The van der Waals surface area contributed by atoms with Crippen LogP contribution < -0.4 is 11.2 Å². The molecule has 0 aromatic carbocycles. The molecule has 0 N–H and O–H groups in total. The molecule has 0 spiro atoms. The van der Waals surface area contributed by atoms with E-state index in [2.05, 4.69) is 0 Å². The number of carbonyl (C=O) groups is 1. The van der Waals surface area contributed by atoms with Crippen LogP contribution in [0.15, 0.2) is 15.8 Å². The first-order chi connectivity index (χ1) is 12.1. The number of rotatable bonds is 3. The van der Waals surface area contributed by atoms with Crippen molar-refractivity contribution in [2.45, 2.75) is 57.8 Å². The molecule has 2 aliphatic rings. The maximum atomic E-state index is 12.8. The SMILES string of the molecule is CCn1cc(C#N)c(=O)n(CC(=O)N2CCO[C@H]3CCCC[C@@H]32)c1=O. The van der Waals surface area contributed by atoms with Gasteiger partial charge in [-0.05, 0) is 19.8 Å². The minimum Gasteiger partial charge on any atom is -0.374 e. The van der Waals surface area contributed by atoms with Crippen molar-refractivity contribution >= 4 is 5.91 Å². The van der Waals surface area contributed by atoms with Crippen molar-refractivity contribution < 1.29 is 9.53 Å². The second-order valence-electron chi connectivity index (χ2n) is 6.46. The molecular formula is C17H22N4O4. The second-order valence-corrected chi connectivity index (χ2v) is 6.46. The number of hydrogen-bond acceptors (Lipinski definition) is 5. The van der Waals surface area contributed by atoms with Gasteiger partial charge in [0.1, 0.15) is 18.2 Å². The largest absolute Gasteiger partial charge is 0.374 e. The van der Waals surface area contributed by atoms with E-state index in [1.54, 1.807) is 17.9 Å². The van der Waals surface area contributed by atoms with E-state index in [1.807, 2.05) is 0 Å². The van der Waals surface area contributed by atoms with Gasteiger partial charge in [-0.3, -0.25) is 14.2 Å². The van der Waals surface area contributed by atoms with Crippen LogP contribution in [-0.2, 0) is 22.6 Å². The van der Waals surface area contributed by atoms with E-state index >= 15 is 0 Å². The third-order valence-corrected chi connectivity index (χ3v) is 5.04. The Bertz CT molecular complexity index is 817. The Morgan fingerprint density at radius 1 is 1.36 bits per heavy atom. The third kappa shape index (κ3) is 3.24. The summed E-state index contributed by atoms with van der Waals surface area (Å²) >= 11 is 0. The number of aryl methyl sites for hydroxylation is 1. The summed E-state index contributed by atoms with van der Waals surface area (Å²) in [5, 5.41) is 9.10. The molecule has 3 rings (SSSR count). The first kappa shape index (κ1) is 17.4. The predicted molar refractivity (Wildman–Crippen MR) is 89.1 cm³/mol. The summed E-state index contributed by atoms with van der Waals surface area (Å²) in [5.41, 5.74) is -1.40. The molecule has 0 bridgehead atoms. The molecule has 0 unspecified atom stereocenters. The zero-order chi connectivity index (χ0) is 18.0. The van der Waals surface area contributed by atoms with Gasteiger partial charge in [-0.2, -0.15) is 5.26 Å². The summed E-state index contributed by atoms with van der Waals surface area (Å²) in [7, 11) is 0. The molecule has 2 heterocycles. The van der Waals surface area contributed by atoms with E-state index in [0.717, 1.165) is 30.3 Å². The van der Waals surface area contributed by atoms with E-state index < -0.39 is 11.2 Å². The van der Waals surface area contributed by atoms with Crippen molar-refractivity contribution in [2.75, 3.05) is 13.2 Å². The number of fused-ring (bicyclic) bond motifs is 1. The number of aromatic nitrogens is 2. The van der Waals surface area contributed by atoms with Gasteiger partial charge in [-0.1, -0.05) is 12.8 Å². The molecule has 2 fully saturated rings. The van der Waals surface area contributed by atoms with E-state index in [-0.39, 0.29) is 30.2 Å². The van der Waals surface area contributed by atoms with Crippen molar-refractivity contribution in [2.24, 2.45) is 0 Å². The zero-order valence-electron chi connectivity index (χ0n) is 14.3. The van der Waals surface area contributed by atoms with Crippen LogP contribution in [0.3, 0.4) is 0 Å². The fourth-order valence-electron chi connectivity index (χ4n) is 3.73. The molecule has 2 atom stereocenters. The van der Waals surface area contributed by atoms with Crippen LogP contribution in [0.1, 0.15) is 38.2 Å². The smallest absolute Gasteiger partial charge is 0.331 e. The van der Waals surface area contributed by atoms with Crippen LogP contribution >= 0.6 is 0 Å². The van der Waals surface area contributed by atoms with Crippen LogP contribution in [0.5, 0.6) is 0 Å². The monoisotopic (exact) mass is 346 g/mol. The number of nitrogens with zero attached hydrogens (tertiary/aromatic N) is 4. The lowest BCUT2D eigenvalue weighted by molar-refractivity contribution is -0.150. The number of hydrogen-bond donors (Lipinski definition) is 0. The Morgan fingerprint density at radius 3 is 2.84 bits per heavy atom. The average Bonchev–Trinajstić information content (AvgIpc) is 2.64. The van der Waals surface area contributed by atoms with Crippen molar-refractivity contribution in [1.82, 2.24) is 14.0 Å². The predicted octanol–water partition coefficient (Wildman–Crippen LogP) is 0.0716. The molecule has 1 aromatic heterocycles. The highest BCUT2D eigenvalue weighted by atomic mass is 16.5. The third-order valence-electron chi connectivity index (χ3n) is 5.04. The molecule has 1 saturated heterocycles. The normalized spacial score (nSPS) is 23.0. The minimum atomic E-state index is -0.709. The fraction of sp³-hybridized carbons (Fsp3) is 0.647. The van der Waals surface area contributed by atoms with Crippen LogP contribution in [-0.4, -0.2) is 45.2 Å². The lowest BCUT2D eigenvalue weighted by Crippen LogP contribution is -2.56. The Balaban J connectivity index is 1.89. The number of carbonyl (C=O) groups excluding carboxylic acids is 1. The van der Waals surface area contributed by atoms with Gasteiger partial charge >= 0.3 is 5.69 Å². The molecule has 1 aliphatic heterocycles. The van der Waals surface area contributed by atoms with Crippen LogP contribution in [0.2, 0.25) is 0 Å². The van der Waals surface area contributed by atoms with Gasteiger partial charge in [-0.15, -0.1) is 0 Å². The summed E-state index contributed by atoms with van der Waals surface area (Å²) in [4.78, 5) is 39.3. The van der Waals surface area contributed by atoms with Gasteiger partial charge in [0, 0.05) is 19.3 Å². The standard InChI is InChI=1S/C17H22N4O4/c1-2-19-10-12(9-18)16(23)21(17(19)24)11-15(22)20-7-8-25-14-6-4-3-5-13(14)20/h10,13-14H,2-8,11H2,1H3/t13-,14-/m0/s1. The Kier molecular flexibility index (Phi) is 5.04. The van der Waals surface area contributed by atoms with Gasteiger partial charge in [0.25, 0.3) is 5.56 Å². The van der Waals surface area contributed by atoms with E-state index in [9.17, 15) is 14.4 Å². The molecule has 0 radical (unpaired) electrons. The van der Waals surface area contributed by atoms with Crippen molar-refractivity contribution in [3.05, 3.63) is 32.6 Å².